The first-order valence-corrected chi connectivity index (χ1v) is 4.67. The van der Waals surface area contributed by atoms with E-state index < -0.39 is 0 Å². The molecule has 0 unspecified atom stereocenters. The van der Waals surface area contributed by atoms with Gasteiger partial charge in [-0.05, 0) is 17.9 Å². The molecule has 0 spiro atoms. The summed E-state index contributed by atoms with van der Waals surface area (Å²) in [6.07, 6.45) is 3.95. The summed E-state index contributed by atoms with van der Waals surface area (Å²) in [5, 5.41) is 0. The van der Waals surface area contributed by atoms with Gasteiger partial charge in [-0.15, -0.1) is 12.4 Å². The summed E-state index contributed by atoms with van der Waals surface area (Å²) in [4.78, 5) is 0. The molecule has 72 valence electrons. The molecule has 0 radical (unpaired) electrons. The lowest BCUT2D eigenvalue weighted by Crippen LogP contribution is -2.10. The number of rotatable bonds is 3. The third kappa shape index (κ3) is 3.02. The lowest BCUT2D eigenvalue weighted by molar-refractivity contribution is 0.597. The average molecular weight is 198 g/mol. The Kier molecular flexibility index (Phi) is 3.76. The molecule has 2 N–H and O–H groups in total. The van der Waals surface area contributed by atoms with Crippen LogP contribution in [0, 0.1) is 5.92 Å². The molecule has 0 aromatic heterocycles. The fourth-order valence-electron chi connectivity index (χ4n) is 1.55. The van der Waals surface area contributed by atoms with Gasteiger partial charge in [0.05, 0.1) is 0 Å². The number of halogens is 1. The minimum atomic E-state index is 0. The second kappa shape index (κ2) is 4.64. The summed E-state index contributed by atoms with van der Waals surface area (Å²) in [7, 11) is 0. The Morgan fingerprint density at radius 3 is 2.38 bits per heavy atom. The molecule has 1 aliphatic rings. The fraction of sp³-hybridized carbons (Fsp3) is 0.455. The molecular formula is C11H16ClN. The highest BCUT2D eigenvalue weighted by Gasteiger charge is 2.24. The lowest BCUT2D eigenvalue weighted by atomic mass is 10.0. The van der Waals surface area contributed by atoms with Gasteiger partial charge in [0, 0.05) is 6.04 Å². The molecule has 0 saturated heterocycles. The van der Waals surface area contributed by atoms with E-state index in [1.165, 1.54) is 24.8 Å². The molecule has 1 atom stereocenters. The van der Waals surface area contributed by atoms with Crippen LogP contribution in [-0.2, 0) is 0 Å². The van der Waals surface area contributed by atoms with Crippen LogP contribution in [0.2, 0.25) is 0 Å². The van der Waals surface area contributed by atoms with Crippen molar-refractivity contribution in [3.05, 3.63) is 35.9 Å². The van der Waals surface area contributed by atoms with E-state index in [1.807, 2.05) is 6.07 Å². The Bertz CT molecular complexity index is 244. The average Bonchev–Trinajstić information content (AvgIpc) is 2.90. The van der Waals surface area contributed by atoms with E-state index in [1.54, 1.807) is 0 Å². The highest BCUT2D eigenvalue weighted by molar-refractivity contribution is 5.85. The zero-order valence-corrected chi connectivity index (χ0v) is 8.46. The third-order valence-corrected chi connectivity index (χ3v) is 2.51. The first kappa shape index (κ1) is 10.6. The molecular weight excluding hydrogens is 182 g/mol. The molecule has 0 bridgehead atoms. The Balaban J connectivity index is 0.000000845. The monoisotopic (exact) mass is 197 g/mol. The first-order chi connectivity index (χ1) is 5.86. The van der Waals surface area contributed by atoms with Crippen LogP contribution in [0.15, 0.2) is 30.3 Å². The minimum Gasteiger partial charge on any atom is -0.324 e. The summed E-state index contributed by atoms with van der Waals surface area (Å²) < 4.78 is 0. The van der Waals surface area contributed by atoms with E-state index in [-0.39, 0.29) is 18.4 Å². The van der Waals surface area contributed by atoms with E-state index in [9.17, 15) is 0 Å². The smallest absolute Gasteiger partial charge is 0.0297 e. The molecule has 2 rings (SSSR count). The maximum absolute atomic E-state index is 6.04. The van der Waals surface area contributed by atoms with Crippen LogP contribution in [0.5, 0.6) is 0 Å². The van der Waals surface area contributed by atoms with Crippen LogP contribution in [0.1, 0.15) is 30.9 Å². The van der Waals surface area contributed by atoms with Crippen molar-refractivity contribution in [2.24, 2.45) is 11.7 Å². The summed E-state index contributed by atoms with van der Waals surface area (Å²) in [5.41, 5.74) is 7.32. The van der Waals surface area contributed by atoms with Gasteiger partial charge in [0.2, 0.25) is 0 Å². The van der Waals surface area contributed by atoms with Gasteiger partial charge >= 0.3 is 0 Å². The van der Waals surface area contributed by atoms with Crippen LogP contribution >= 0.6 is 12.4 Å². The molecule has 0 heterocycles. The van der Waals surface area contributed by atoms with Crippen molar-refractivity contribution in [2.75, 3.05) is 0 Å². The molecule has 1 aromatic rings. The summed E-state index contributed by atoms with van der Waals surface area (Å²) in [5.74, 6) is 0.917. The van der Waals surface area contributed by atoms with Gasteiger partial charge in [-0.1, -0.05) is 43.2 Å². The molecule has 1 nitrogen and oxygen atoms in total. The Morgan fingerprint density at radius 2 is 1.85 bits per heavy atom. The quantitative estimate of drug-likeness (QED) is 0.793. The van der Waals surface area contributed by atoms with E-state index >= 15 is 0 Å². The van der Waals surface area contributed by atoms with Crippen LogP contribution in [0.4, 0.5) is 0 Å². The van der Waals surface area contributed by atoms with Crippen molar-refractivity contribution in [3.8, 4) is 0 Å². The van der Waals surface area contributed by atoms with Gasteiger partial charge < -0.3 is 5.73 Å². The molecule has 1 saturated carbocycles. The van der Waals surface area contributed by atoms with Crippen molar-refractivity contribution in [2.45, 2.75) is 25.3 Å². The molecule has 1 aliphatic carbocycles. The third-order valence-electron chi connectivity index (χ3n) is 2.51. The van der Waals surface area contributed by atoms with Gasteiger partial charge in [-0.3, -0.25) is 0 Å². The minimum absolute atomic E-state index is 0. The topological polar surface area (TPSA) is 26.0 Å². The van der Waals surface area contributed by atoms with Crippen LogP contribution in [0.3, 0.4) is 0 Å². The molecule has 13 heavy (non-hydrogen) atoms. The highest BCUT2D eigenvalue weighted by Crippen LogP contribution is 2.36. The zero-order valence-electron chi connectivity index (χ0n) is 7.65. The van der Waals surface area contributed by atoms with Gasteiger partial charge in [0.15, 0.2) is 0 Å². The van der Waals surface area contributed by atoms with Crippen molar-refractivity contribution in [3.63, 3.8) is 0 Å². The first-order valence-electron chi connectivity index (χ1n) is 4.67. The normalized spacial score (nSPS) is 17.6. The number of nitrogens with two attached hydrogens (primary N) is 1. The molecule has 2 heteroatoms. The lowest BCUT2D eigenvalue weighted by Gasteiger charge is -2.10. The van der Waals surface area contributed by atoms with Crippen molar-refractivity contribution < 1.29 is 0 Å². The SMILES string of the molecule is Cl.N[C@H](CC1CC1)c1ccccc1. The van der Waals surface area contributed by atoms with Gasteiger partial charge in [0.25, 0.3) is 0 Å². The molecule has 0 amide bonds. The maximum Gasteiger partial charge on any atom is 0.0297 e. The van der Waals surface area contributed by atoms with Gasteiger partial charge in [-0.2, -0.15) is 0 Å². The van der Waals surface area contributed by atoms with E-state index in [0.29, 0.717) is 0 Å². The Labute approximate surface area is 85.7 Å². The van der Waals surface area contributed by atoms with Crippen molar-refractivity contribution in [1.29, 1.82) is 0 Å². The van der Waals surface area contributed by atoms with E-state index in [4.69, 9.17) is 5.73 Å². The summed E-state index contributed by atoms with van der Waals surface area (Å²) in [6, 6.07) is 10.6. The number of hydrogen-bond donors (Lipinski definition) is 1. The van der Waals surface area contributed by atoms with Crippen molar-refractivity contribution in [1.82, 2.24) is 0 Å². The molecule has 1 aromatic carbocycles. The second-order valence-corrected chi connectivity index (χ2v) is 3.70. The van der Waals surface area contributed by atoms with E-state index in [2.05, 4.69) is 24.3 Å². The summed E-state index contributed by atoms with van der Waals surface area (Å²) in [6.45, 7) is 0. The summed E-state index contributed by atoms with van der Waals surface area (Å²) >= 11 is 0. The largest absolute Gasteiger partial charge is 0.324 e. The predicted octanol–water partition coefficient (Wildman–Crippen LogP) is 2.91. The van der Waals surface area contributed by atoms with Gasteiger partial charge in [0.1, 0.15) is 0 Å². The predicted molar refractivity (Wildman–Crippen MR) is 58.0 cm³/mol. The highest BCUT2D eigenvalue weighted by atomic mass is 35.5. The second-order valence-electron chi connectivity index (χ2n) is 3.70. The maximum atomic E-state index is 6.04. The molecule has 1 fully saturated rings. The fourth-order valence-corrected chi connectivity index (χ4v) is 1.55. The Morgan fingerprint density at radius 1 is 1.23 bits per heavy atom. The number of hydrogen-bond acceptors (Lipinski definition) is 1. The van der Waals surface area contributed by atoms with E-state index in [0.717, 1.165) is 5.92 Å². The number of benzene rings is 1. The van der Waals surface area contributed by atoms with Crippen LogP contribution < -0.4 is 5.73 Å². The molecule has 0 aliphatic heterocycles. The zero-order chi connectivity index (χ0) is 8.39. The van der Waals surface area contributed by atoms with Gasteiger partial charge in [-0.25, -0.2) is 0 Å². The standard InChI is InChI=1S/C11H15N.ClH/c12-11(8-9-6-7-9)10-4-2-1-3-5-10;/h1-5,9,11H,6-8,12H2;1H/t11-;/m1./s1. The van der Waals surface area contributed by atoms with Crippen LogP contribution in [-0.4, -0.2) is 0 Å². The Hall–Kier alpha value is -0.530. The van der Waals surface area contributed by atoms with Crippen molar-refractivity contribution >= 4 is 12.4 Å². The van der Waals surface area contributed by atoms with Crippen LogP contribution in [0.25, 0.3) is 0 Å².